The number of nitrogens with one attached hydrogen (secondary N) is 2. The van der Waals surface area contributed by atoms with Crippen molar-refractivity contribution in [2.45, 2.75) is 24.3 Å². The summed E-state index contributed by atoms with van der Waals surface area (Å²) in [6.45, 7) is 3.96. The molecule has 1 atom stereocenters. The minimum absolute atomic E-state index is 0.367. The second kappa shape index (κ2) is 6.38. The Bertz CT molecular complexity index is 627. The van der Waals surface area contributed by atoms with Gasteiger partial charge in [0.1, 0.15) is 0 Å². The number of hydrogen-bond acceptors (Lipinski definition) is 5. The third kappa shape index (κ3) is 3.27. The normalized spacial score (nSPS) is 12.1. The lowest BCUT2D eigenvalue weighted by atomic mass is 10.4. The highest BCUT2D eigenvalue weighted by atomic mass is 32.2. The summed E-state index contributed by atoms with van der Waals surface area (Å²) < 4.78 is 1.79. The van der Waals surface area contributed by atoms with Crippen LogP contribution in [0.25, 0.3) is 5.65 Å². The molecule has 7 nitrogen and oxygen atoms in total. The number of carbonyl (C=O) groups is 2. The first-order chi connectivity index (χ1) is 9.61. The second-order valence-corrected chi connectivity index (χ2v) is 5.33. The molecule has 0 spiro atoms. The summed E-state index contributed by atoms with van der Waals surface area (Å²) in [5.74, 6) is -0.367. The van der Waals surface area contributed by atoms with E-state index >= 15 is 0 Å². The van der Waals surface area contributed by atoms with Crippen molar-refractivity contribution in [2.24, 2.45) is 0 Å². The Morgan fingerprint density at radius 2 is 2.20 bits per heavy atom. The number of carbonyl (C=O) groups excluding carboxylic acids is 2. The SMILES string of the molecule is CCNC(=O)NC(=O)C(C)Sc1nnc2ccccn12. The maximum absolute atomic E-state index is 11.8. The minimum Gasteiger partial charge on any atom is -0.338 e. The number of thioether (sulfide) groups is 1. The van der Waals surface area contributed by atoms with E-state index < -0.39 is 11.3 Å². The van der Waals surface area contributed by atoms with Gasteiger partial charge in [-0.2, -0.15) is 0 Å². The van der Waals surface area contributed by atoms with Gasteiger partial charge in [-0.1, -0.05) is 17.8 Å². The topological polar surface area (TPSA) is 88.4 Å². The molecule has 0 aliphatic carbocycles. The van der Waals surface area contributed by atoms with Gasteiger partial charge < -0.3 is 5.32 Å². The number of hydrogen-bond donors (Lipinski definition) is 2. The molecule has 0 fully saturated rings. The zero-order valence-corrected chi connectivity index (χ0v) is 12.0. The molecule has 8 heteroatoms. The summed E-state index contributed by atoms with van der Waals surface area (Å²) in [4.78, 5) is 23.1. The van der Waals surface area contributed by atoms with Crippen molar-refractivity contribution in [3.8, 4) is 0 Å². The smallest absolute Gasteiger partial charge is 0.321 e. The molecule has 0 radical (unpaired) electrons. The van der Waals surface area contributed by atoms with Crippen LogP contribution in [-0.2, 0) is 4.79 Å². The predicted molar refractivity (Wildman–Crippen MR) is 75.5 cm³/mol. The molecule has 0 aliphatic rings. The average Bonchev–Trinajstić information content (AvgIpc) is 2.82. The van der Waals surface area contributed by atoms with Crippen LogP contribution >= 0.6 is 11.8 Å². The Hall–Kier alpha value is -2.09. The van der Waals surface area contributed by atoms with Crippen LogP contribution in [0.4, 0.5) is 4.79 Å². The molecule has 0 saturated heterocycles. The van der Waals surface area contributed by atoms with Gasteiger partial charge in [-0.05, 0) is 26.0 Å². The van der Waals surface area contributed by atoms with Crippen molar-refractivity contribution in [3.63, 3.8) is 0 Å². The molecule has 2 heterocycles. The van der Waals surface area contributed by atoms with E-state index in [-0.39, 0.29) is 5.91 Å². The predicted octanol–water partition coefficient (Wildman–Crippen LogP) is 1.06. The molecule has 20 heavy (non-hydrogen) atoms. The highest BCUT2D eigenvalue weighted by Gasteiger charge is 2.19. The zero-order chi connectivity index (χ0) is 14.5. The quantitative estimate of drug-likeness (QED) is 0.823. The fraction of sp³-hybridized carbons (Fsp3) is 0.333. The molecule has 2 rings (SSSR count). The molecule has 0 bridgehead atoms. The number of rotatable bonds is 4. The largest absolute Gasteiger partial charge is 0.338 e. The Morgan fingerprint density at radius 3 is 2.95 bits per heavy atom. The molecule has 2 aromatic heterocycles. The first kappa shape index (κ1) is 14.3. The molecule has 2 N–H and O–H groups in total. The highest BCUT2D eigenvalue weighted by Crippen LogP contribution is 2.21. The van der Waals surface area contributed by atoms with E-state index in [2.05, 4.69) is 20.8 Å². The fourth-order valence-electron chi connectivity index (χ4n) is 1.53. The van der Waals surface area contributed by atoms with E-state index in [1.807, 2.05) is 24.4 Å². The van der Waals surface area contributed by atoms with E-state index in [1.54, 1.807) is 18.2 Å². The average molecular weight is 293 g/mol. The maximum Gasteiger partial charge on any atom is 0.321 e. The summed E-state index contributed by atoms with van der Waals surface area (Å²) in [5, 5.41) is 13.0. The van der Waals surface area contributed by atoms with Crippen LogP contribution in [0.1, 0.15) is 13.8 Å². The van der Waals surface area contributed by atoms with Crippen molar-refractivity contribution in [1.29, 1.82) is 0 Å². The summed E-state index contributed by atoms with van der Waals surface area (Å²) in [5.41, 5.74) is 0.714. The lowest BCUT2D eigenvalue weighted by Gasteiger charge is -2.10. The van der Waals surface area contributed by atoms with E-state index in [4.69, 9.17) is 0 Å². The molecule has 0 aliphatic heterocycles. The number of aromatic nitrogens is 3. The Kier molecular flexibility index (Phi) is 4.57. The van der Waals surface area contributed by atoms with Crippen molar-refractivity contribution in [3.05, 3.63) is 24.4 Å². The van der Waals surface area contributed by atoms with Crippen LogP contribution in [0.2, 0.25) is 0 Å². The van der Waals surface area contributed by atoms with Crippen molar-refractivity contribution in [1.82, 2.24) is 25.2 Å². The summed E-state index contributed by atoms with van der Waals surface area (Å²) >= 11 is 1.25. The van der Waals surface area contributed by atoms with Gasteiger partial charge in [0.2, 0.25) is 5.91 Å². The monoisotopic (exact) mass is 293 g/mol. The van der Waals surface area contributed by atoms with Crippen LogP contribution in [0.5, 0.6) is 0 Å². The van der Waals surface area contributed by atoms with Gasteiger partial charge in [0, 0.05) is 12.7 Å². The fourth-order valence-corrected chi connectivity index (χ4v) is 2.37. The van der Waals surface area contributed by atoms with Gasteiger partial charge >= 0.3 is 6.03 Å². The minimum atomic E-state index is -0.490. The van der Waals surface area contributed by atoms with Crippen LogP contribution < -0.4 is 10.6 Å². The Balaban J connectivity index is 2.02. The van der Waals surface area contributed by atoms with Crippen LogP contribution in [0.15, 0.2) is 29.6 Å². The van der Waals surface area contributed by atoms with Gasteiger partial charge in [0.15, 0.2) is 10.8 Å². The first-order valence-corrected chi connectivity index (χ1v) is 7.05. The van der Waals surface area contributed by atoms with Crippen molar-refractivity contribution >= 4 is 29.3 Å². The Morgan fingerprint density at radius 1 is 1.40 bits per heavy atom. The molecule has 2 aromatic rings. The number of amides is 3. The summed E-state index contributed by atoms with van der Waals surface area (Å²) in [6.07, 6.45) is 1.83. The number of pyridine rings is 1. The van der Waals surface area contributed by atoms with E-state index in [0.29, 0.717) is 17.3 Å². The van der Waals surface area contributed by atoms with E-state index in [1.165, 1.54) is 11.8 Å². The lowest BCUT2D eigenvalue weighted by Crippen LogP contribution is -2.42. The van der Waals surface area contributed by atoms with Crippen molar-refractivity contribution < 1.29 is 9.59 Å². The third-order valence-electron chi connectivity index (χ3n) is 2.51. The van der Waals surface area contributed by atoms with Crippen LogP contribution in [-0.4, -0.2) is 38.3 Å². The molecule has 3 amide bonds. The standard InChI is InChI=1S/C12H15N5O2S/c1-3-13-11(19)14-10(18)8(2)20-12-16-15-9-6-4-5-7-17(9)12/h4-8H,3H2,1-2H3,(H2,13,14,18,19). The zero-order valence-electron chi connectivity index (χ0n) is 11.2. The maximum atomic E-state index is 11.8. The molecule has 0 aromatic carbocycles. The van der Waals surface area contributed by atoms with Crippen molar-refractivity contribution in [2.75, 3.05) is 6.54 Å². The lowest BCUT2D eigenvalue weighted by molar-refractivity contribution is -0.119. The summed E-state index contributed by atoms with van der Waals surface area (Å²) in [6, 6.07) is 5.07. The van der Waals surface area contributed by atoms with Gasteiger partial charge in [-0.25, -0.2) is 4.79 Å². The second-order valence-electron chi connectivity index (χ2n) is 4.02. The molecular weight excluding hydrogens is 278 g/mol. The van der Waals surface area contributed by atoms with Gasteiger partial charge in [0.05, 0.1) is 5.25 Å². The van der Waals surface area contributed by atoms with E-state index in [0.717, 1.165) is 0 Å². The third-order valence-corrected chi connectivity index (χ3v) is 3.56. The number of imide groups is 1. The molecule has 106 valence electrons. The number of urea groups is 1. The molecule has 1 unspecified atom stereocenters. The summed E-state index contributed by atoms with van der Waals surface area (Å²) in [7, 11) is 0. The Labute approximate surface area is 120 Å². The number of fused-ring (bicyclic) bond motifs is 1. The van der Waals surface area contributed by atoms with Gasteiger partial charge in [-0.15, -0.1) is 10.2 Å². The number of nitrogens with zero attached hydrogens (tertiary/aromatic N) is 3. The van der Waals surface area contributed by atoms with Crippen LogP contribution in [0.3, 0.4) is 0 Å². The van der Waals surface area contributed by atoms with Crippen LogP contribution in [0, 0.1) is 0 Å². The highest BCUT2D eigenvalue weighted by molar-refractivity contribution is 8.00. The molecular formula is C12H15N5O2S. The van der Waals surface area contributed by atoms with Gasteiger partial charge in [0.25, 0.3) is 0 Å². The molecule has 0 saturated carbocycles. The first-order valence-electron chi connectivity index (χ1n) is 6.17. The van der Waals surface area contributed by atoms with Gasteiger partial charge in [-0.3, -0.25) is 14.5 Å². The van der Waals surface area contributed by atoms with E-state index in [9.17, 15) is 9.59 Å².